The molecule has 0 saturated heterocycles. The quantitative estimate of drug-likeness (QED) is 0.753. The molecule has 128 valence electrons. The van der Waals surface area contributed by atoms with Gasteiger partial charge in [0.05, 0.1) is 12.0 Å². The molecule has 0 spiro atoms. The first-order valence-electron chi connectivity index (χ1n) is 8.13. The molecule has 2 aromatic heterocycles. The Morgan fingerprint density at radius 1 is 1.40 bits per heavy atom. The zero-order chi connectivity index (χ0) is 17.4. The molecule has 0 aliphatic carbocycles. The number of aryl methyl sites for hydroxylation is 1. The number of rotatable bonds is 4. The van der Waals surface area contributed by atoms with Crippen molar-refractivity contribution in [3.05, 3.63) is 58.6 Å². The number of aliphatic carboxylic acids is 1. The van der Waals surface area contributed by atoms with Crippen molar-refractivity contribution in [1.29, 1.82) is 0 Å². The Hall–Kier alpha value is -2.51. The van der Waals surface area contributed by atoms with Crippen LogP contribution in [0.4, 0.5) is 0 Å². The molecule has 1 aliphatic rings. The van der Waals surface area contributed by atoms with Gasteiger partial charge in [0, 0.05) is 41.8 Å². The highest BCUT2D eigenvalue weighted by Crippen LogP contribution is 2.32. The number of benzene rings is 1. The Balaban J connectivity index is 1.59. The zero-order valence-electron chi connectivity index (χ0n) is 13.8. The molecule has 0 radical (unpaired) electrons. The van der Waals surface area contributed by atoms with Gasteiger partial charge in [0.15, 0.2) is 6.04 Å². The van der Waals surface area contributed by atoms with Crippen molar-refractivity contribution in [3.63, 3.8) is 0 Å². The van der Waals surface area contributed by atoms with Crippen molar-refractivity contribution in [2.24, 2.45) is 0 Å². The molecular weight excluding hydrogens is 336 g/mol. The molecule has 4 rings (SSSR count). The van der Waals surface area contributed by atoms with Crippen LogP contribution in [0.15, 0.2) is 36.8 Å². The topological polar surface area (TPSA) is 82.1 Å². The second-order valence-corrected chi connectivity index (χ2v) is 7.29. The van der Waals surface area contributed by atoms with Gasteiger partial charge in [-0.3, -0.25) is 9.69 Å². The highest BCUT2D eigenvalue weighted by atomic mass is 32.1. The van der Waals surface area contributed by atoms with Gasteiger partial charge in [-0.15, -0.1) is 11.3 Å². The van der Waals surface area contributed by atoms with Crippen molar-refractivity contribution in [3.8, 4) is 10.6 Å². The summed E-state index contributed by atoms with van der Waals surface area (Å²) in [5.41, 5.74) is 3.86. The Labute approximate surface area is 149 Å². The third-order valence-corrected chi connectivity index (χ3v) is 5.56. The number of fused-ring (bicyclic) bond motifs is 1. The molecule has 3 aromatic rings. The van der Waals surface area contributed by atoms with Crippen LogP contribution in [-0.4, -0.2) is 37.5 Å². The molecule has 3 heterocycles. The van der Waals surface area contributed by atoms with Crippen LogP contribution in [-0.2, 0) is 17.8 Å². The Bertz CT molecular complexity index is 917. The van der Waals surface area contributed by atoms with E-state index in [2.05, 4.69) is 34.0 Å². The number of aromatic amines is 1. The fourth-order valence-electron chi connectivity index (χ4n) is 3.29. The van der Waals surface area contributed by atoms with E-state index in [1.807, 2.05) is 23.2 Å². The fraction of sp³-hybridized carbons (Fsp3) is 0.278. The first-order chi connectivity index (χ1) is 12.1. The molecular formula is C18H18N4O2S. The molecule has 1 aliphatic heterocycles. The Morgan fingerprint density at radius 2 is 2.24 bits per heavy atom. The van der Waals surface area contributed by atoms with Gasteiger partial charge < -0.3 is 10.1 Å². The van der Waals surface area contributed by atoms with Crippen molar-refractivity contribution in [1.82, 2.24) is 19.9 Å². The molecule has 0 bridgehead atoms. The molecule has 0 fully saturated rings. The van der Waals surface area contributed by atoms with Crippen molar-refractivity contribution in [2.45, 2.75) is 25.9 Å². The number of aromatic nitrogens is 3. The predicted molar refractivity (Wildman–Crippen MR) is 95.4 cm³/mol. The maximum atomic E-state index is 11.8. The lowest BCUT2D eigenvalue weighted by atomic mass is 10.0. The number of hydrogen-bond acceptors (Lipinski definition) is 5. The van der Waals surface area contributed by atoms with E-state index in [0.29, 0.717) is 18.8 Å². The standard InChI is InChI=1S/C18H18N4O2S/c1-11-4-2-3-5-13(11)17-19-8-12(25-17)9-22-7-6-14-15(21-10-20-14)16(22)18(23)24/h2-5,8,10,16H,6-7,9H2,1H3,(H,20,21)(H,23,24). The average molecular weight is 354 g/mol. The van der Waals surface area contributed by atoms with Crippen LogP contribution < -0.4 is 0 Å². The molecule has 1 unspecified atom stereocenters. The minimum Gasteiger partial charge on any atom is -0.480 e. The second kappa shape index (κ2) is 6.42. The van der Waals surface area contributed by atoms with E-state index in [1.54, 1.807) is 17.7 Å². The largest absolute Gasteiger partial charge is 0.480 e. The smallest absolute Gasteiger partial charge is 0.327 e. The first kappa shape index (κ1) is 16.0. The van der Waals surface area contributed by atoms with Gasteiger partial charge >= 0.3 is 5.97 Å². The van der Waals surface area contributed by atoms with Crippen LogP contribution in [0.5, 0.6) is 0 Å². The van der Waals surface area contributed by atoms with Gasteiger partial charge in [-0.25, -0.2) is 9.97 Å². The molecule has 1 aromatic carbocycles. The van der Waals surface area contributed by atoms with E-state index in [9.17, 15) is 9.90 Å². The summed E-state index contributed by atoms with van der Waals surface area (Å²) >= 11 is 1.62. The van der Waals surface area contributed by atoms with Gasteiger partial charge in [-0.1, -0.05) is 24.3 Å². The number of nitrogens with one attached hydrogen (secondary N) is 1. The monoisotopic (exact) mass is 354 g/mol. The van der Waals surface area contributed by atoms with Gasteiger partial charge in [0.1, 0.15) is 5.01 Å². The SMILES string of the molecule is Cc1ccccc1-c1ncc(CN2CCc3[nH]cnc3C2C(=O)O)s1. The maximum absolute atomic E-state index is 11.8. The molecule has 6 nitrogen and oxygen atoms in total. The lowest BCUT2D eigenvalue weighted by Gasteiger charge is -2.31. The van der Waals surface area contributed by atoms with Crippen LogP contribution in [0.25, 0.3) is 10.6 Å². The summed E-state index contributed by atoms with van der Waals surface area (Å²) in [6, 6.07) is 7.45. The van der Waals surface area contributed by atoms with Crippen molar-refractivity contribution < 1.29 is 9.90 Å². The summed E-state index contributed by atoms with van der Waals surface area (Å²) in [5, 5.41) is 10.6. The number of carboxylic acids is 1. The molecule has 0 saturated carbocycles. The number of carboxylic acid groups (broad SMARTS) is 1. The van der Waals surface area contributed by atoms with Gasteiger partial charge in [-0.05, 0) is 12.5 Å². The molecule has 1 atom stereocenters. The molecule has 25 heavy (non-hydrogen) atoms. The van der Waals surface area contributed by atoms with E-state index in [4.69, 9.17) is 0 Å². The van der Waals surface area contributed by atoms with Crippen molar-refractivity contribution in [2.75, 3.05) is 6.54 Å². The van der Waals surface area contributed by atoms with E-state index in [1.165, 1.54) is 5.56 Å². The van der Waals surface area contributed by atoms with Crippen LogP contribution in [0.3, 0.4) is 0 Å². The summed E-state index contributed by atoms with van der Waals surface area (Å²) in [7, 11) is 0. The van der Waals surface area contributed by atoms with Crippen molar-refractivity contribution >= 4 is 17.3 Å². The summed E-state index contributed by atoms with van der Waals surface area (Å²) in [4.78, 5) is 26.6. The first-order valence-corrected chi connectivity index (χ1v) is 8.95. The average Bonchev–Trinajstić information content (AvgIpc) is 3.24. The Kier molecular flexibility index (Phi) is 4.10. The number of carbonyl (C=O) groups is 1. The summed E-state index contributed by atoms with van der Waals surface area (Å²) < 4.78 is 0. The van der Waals surface area contributed by atoms with E-state index in [-0.39, 0.29) is 0 Å². The van der Waals surface area contributed by atoms with Gasteiger partial charge in [-0.2, -0.15) is 0 Å². The number of hydrogen-bond donors (Lipinski definition) is 2. The minimum atomic E-state index is -0.864. The predicted octanol–water partition coefficient (Wildman–Crippen LogP) is 3.03. The van der Waals surface area contributed by atoms with Crippen LogP contribution in [0.1, 0.15) is 27.9 Å². The number of H-pyrrole nitrogens is 1. The van der Waals surface area contributed by atoms with Crippen LogP contribution >= 0.6 is 11.3 Å². The lowest BCUT2D eigenvalue weighted by molar-refractivity contribution is -0.144. The minimum absolute atomic E-state index is 0.562. The maximum Gasteiger partial charge on any atom is 0.327 e. The van der Waals surface area contributed by atoms with E-state index < -0.39 is 12.0 Å². The lowest BCUT2D eigenvalue weighted by Crippen LogP contribution is -2.39. The summed E-state index contributed by atoms with van der Waals surface area (Å²) in [6.07, 6.45) is 4.21. The zero-order valence-corrected chi connectivity index (χ0v) is 14.6. The van der Waals surface area contributed by atoms with Crippen LogP contribution in [0, 0.1) is 6.92 Å². The normalized spacial score (nSPS) is 17.4. The second-order valence-electron chi connectivity index (χ2n) is 6.17. The van der Waals surface area contributed by atoms with Crippen LogP contribution in [0.2, 0.25) is 0 Å². The number of imidazole rings is 1. The third-order valence-electron chi connectivity index (χ3n) is 4.55. The van der Waals surface area contributed by atoms with E-state index in [0.717, 1.165) is 27.6 Å². The summed E-state index contributed by atoms with van der Waals surface area (Å²) in [6.45, 7) is 3.32. The third kappa shape index (κ3) is 2.96. The fourth-order valence-corrected chi connectivity index (χ4v) is 4.32. The van der Waals surface area contributed by atoms with E-state index >= 15 is 0 Å². The molecule has 0 amide bonds. The molecule has 2 N–H and O–H groups in total. The number of nitrogens with zero attached hydrogens (tertiary/aromatic N) is 3. The van der Waals surface area contributed by atoms with Gasteiger partial charge in [0.2, 0.25) is 0 Å². The van der Waals surface area contributed by atoms with Gasteiger partial charge in [0.25, 0.3) is 0 Å². The highest BCUT2D eigenvalue weighted by Gasteiger charge is 2.35. The summed E-state index contributed by atoms with van der Waals surface area (Å²) in [5.74, 6) is -0.864. The Morgan fingerprint density at radius 3 is 3.04 bits per heavy atom. The highest BCUT2D eigenvalue weighted by molar-refractivity contribution is 7.15. The number of thiazole rings is 1. The molecule has 7 heteroatoms.